The predicted octanol–water partition coefficient (Wildman–Crippen LogP) is 1.51. The SMILES string of the molecule is OC(COCc1ccccc1Cl)Cn1ccnn1. The first-order chi connectivity index (χ1) is 8.75. The zero-order chi connectivity index (χ0) is 12.8. The van der Waals surface area contributed by atoms with Gasteiger partial charge in [-0.15, -0.1) is 5.10 Å². The standard InChI is InChI=1S/C12H14ClN3O2/c13-12-4-2-1-3-10(12)8-18-9-11(17)7-16-6-5-14-15-16/h1-6,11,17H,7-9H2. The maximum Gasteiger partial charge on any atom is 0.0969 e. The molecule has 1 N–H and O–H groups in total. The molecule has 6 heteroatoms. The van der Waals surface area contributed by atoms with E-state index in [1.165, 1.54) is 0 Å². The van der Waals surface area contributed by atoms with Crippen molar-refractivity contribution in [1.82, 2.24) is 15.0 Å². The molecule has 0 aliphatic heterocycles. The minimum atomic E-state index is -0.616. The molecule has 1 heterocycles. The third-order valence-corrected chi connectivity index (χ3v) is 2.76. The summed E-state index contributed by atoms with van der Waals surface area (Å²) in [6.45, 7) is 0.974. The monoisotopic (exact) mass is 267 g/mol. The van der Waals surface area contributed by atoms with Crippen LogP contribution in [0.3, 0.4) is 0 Å². The Balaban J connectivity index is 1.74. The van der Waals surface area contributed by atoms with Crippen LogP contribution in [0.5, 0.6) is 0 Å². The van der Waals surface area contributed by atoms with Gasteiger partial charge in [-0.2, -0.15) is 0 Å². The fraction of sp³-hybridized carbons (Fsp3) is 0.333. The molecule has 0 aliphatic carbocycles. The molecule has 5 nitrogen and oxygen atoms in total. The highest BCUT2D eigenvalue weighted by molar-refractivity contribution is 6.31. The lowest BCUT2D eigenvalue weighted by atomic mass is 10.2. The molecule has 0 bridgehead atoms. The fourth-order valence-corrected chi connectivity index (χ4v) is 1.71. The van der Waals surface area contributed by atoms with Crippen LogP contribution in [0.25, 0.3) is 0 Å². The molecule has 0 aliphatic rings. The van der Waals surface area contributed by atoms with E-state index in [0.717, 1.165) is 5.56 Å². The quantitative estimate of drug-likeness (QED) is 0.862. The number of nitrogens with zero attached hydrogens (tertiary/aromatic N) is 3. The molecule has 1 atom stereocenters. The first kappa shape index (κ1) is 13.0. The van der Waals surface area contributed by atoms with Gasteiger partial charge in [-0.05, 0) is 11.6 Å². The number of hydrogen-bond acceptors (Lipinski definition) is 4. The van der Waals surface area contributed by atoms with Gasteiger partial charge in [-0.3, -0.25) is 0 Å². The summed E-state index contributed by atoms with van der Waals surface area (Å²) in [6.07, 6.45) is 2.64. The van der Waals surface area contributed by atoms with Crippen molar-refractivity contribution in [3.63, 3.8) is 0 Å². The van der Waals surface area contributed by atoms with Gasteiger partial charge < -0.3 is 9.84 Å². The summed E-state index contributed by atoms with van der Waals surface area (Å²) in [5, 5.41) is 17.8. The van der Waals surface area contributed by atoms with E-state index in [4.69, 9.17) is 16.3 Å². The minimum absolute atomic E-state index is 0.227. The Labute approximate surface area is 110 Å². The lowest BCUT2D eigenvalue weighted by Crippen LogP contribution is -2.22. The van der Waals surface area contributed by atoms with Gasteiger partial charge >= 0.3 is 0 Å². The smallest absolute Gasteiger partial charge is 0.0969 e. The molecule has 1 unspecified atom stereocenters. The zero-order valence-corrected chi connectivity index (χ0v) is 10.5. The van der Waals surface area contributed by atoms with Gasteiger partial charge in [-0.25, -0.2) is 4.68 Å². The molecule has 96 valence electrons. The van der Waals surface area contributed by atoms with E-state index in [0.29, 0.717) is 18.2 Å². The van der Waals surface area contributed by atoms with E-state index < -0.39 is 6.10 Å². The van der Waals surface area contributed by atoms with Crippen molar-refractivity contribution in [2.24, 2.45) is 0 Å². The Kier molecular flexibility index (Phi) is 4.69. The number of benzene rings is 1. The number of hydrogen-bond donors (Lipinski definition) is 1. The van der Waals surface area contributed by atoms with Crippen LogP contribution in [0.4, 0.5) is 0 Å². The molecule has 2 aromatic rings. The van der Waals surface area contributed by atoms with Gasteiger partial charge in [0.25, 0.3) is 0 Å². The second-order valence-corrected chi connectivity index (χ2v) is 4.29. The minimum Gasteiger partial charge on any atom is -0.389 e. The number of aliphatic hydroxyl groups is 1. The van der Waals surface area contributed by atoms with Crippen LogP contribution < -0.4 is 0 Å². The number of aromatic nitrogens is 3. The first-order valence-electron chi connectivity index (χ1n) is 5.59. The third kappa shape index (κ3) is 3.80. The number of ether oxygens (including phenoxy) is 1. The summed E-state index contributed by atoms with van der Waals surface area (Å²) >= 11 is 5.99. The van der Waals surface area contributed by atoms with Crippen molar-refractivity contribution in [1.29, 1.82) is 0 Å². The number of rotatable bonds is 6. The average molecular weight is 268 g/mol. The van der Waals surface area contributed by atoms with Crippen LogP contribution in [-0.4, -0.2) is 32.8 Å². The first-order valence-corrected chi connectivity index (χ1v) is 5.97. The molecule has 0 saturated carbocycles. The second-order valence-electron chi connectivity index (χ2n) is 3.89. The highest BCUT2D eigenvalue weighted by Gasteiger charge is 2.07. The van der Waals surface area contributed by atoms with Crippen molar-refractivity contribution in [2.45, 2.75) is 19.3 Å². The maximum atomic E-state index is 9.72. The molecule has 0 fully saturated rings. The van der Waals surface area contributed by atoms with Crippen molar-refractivity contribution in [3.05, 3.63) is 47.2 Å². The zero-order valence-electron chi connectivity index (χ0n) is 9.74. The van der Waals surface area contributed by atoms with Crippen LogP contribution in [0.2, 0.25) is 5.02 Å². The highest BCUT2D eigenvalue weighted by Crippen LogP contribution is 2.15. The average Bonchev–Trinajstić information content (AvgIpc) is 2.84. The van der Waals surface area contributed by atoms with E-state index in [-0.39, 0.29) is 6.61 Å². The van der Waals surface area contributed by atoms with E-state index in [1.807, 2.05) is 24.3 Å². The maximum absolute atomic E-state index is 9.72. The van der Waals surface area contributed by atoms with Gasteiger partial charge in [0.1, 0.15) is 0 Å². The van der Waals surface area contributed by atoms with Gasteiger partial charge in [-0.1, -0.05) is 35.0 Å². The molecule has 0 spiro atoms. The molecule has 18 heavy (non-hydrogen) atoms. The summed E-state index contributed by atoms with van der Waals surface area (Å²) in [6, 6.07) is 7.47. The Morgan fingerprint density at radius 3 is 2.94 bits per heavy atom. The van der Waals surface area contributed by atoms with Crippen LogP contribution in [0.15, 0.2) is 36.7 Å². The van der Waals surface area contributed by atoms with Gasteiger partial charge in [0.2, 0.25) is 0 Å². The van der Waals surface area contributed by atoms with Crippen molar-refractivity contribution in [3.8, 4) is 0 Å². The van der Waals surface area contributed by atoms with Crippen molar-refractivity contribution in [2.75, 3.05) is 6.61 Å². The Bertz CT molecular complexity index is 476. The van der Waals surface area contributed by atoms with Crippen LogP contribution in [-0.2, 0) is 17.9 Å². The predicted molar refractivity (Wildman–Crippen MR) is 67.1 cm³/mol. The Hall–Kier alpha value is -1.43. The summed E-state index contributed by atoms with van der Waals surface area (Å²) in [5.74, 6) is 0. The lowest BCUT2D eigenvalue weighted by molar-refractivity contribution is 0.0185. The van der Waals surface area contributed by atoms with Crippen LogP contribution >= 0.6 is 11.6 Å². The normalized spacial score (nSPS) is 12.6. The lowest BCUT2D eigenvalue weighted by Gasteiger charge is -2.11. The summed E-state index contributed by atoms with van der Waals surface area (Å²) in [5.41, 5.74) is 0.909. The van der Waals surface area contributed by atoms with Crippen LogP contribution in [0.1, 0.15) is 5.56 Å². The van der Waals surface area contributed by atoms with E-state index >= 15 is 0 Å². The van der Waals surface area contributed by atoms with E-state index in [9.17, 15) is 5.11 Å². The Morgan fingerprint density at radius 2 is 2.22 bits per heavy atom. The Morgan fingerprint density at radius 1 is 1.39 bits per heavy atom. The summed E-state index contributed by atoms with van der Waals surface area (Å²) < 4.78 is 6.97. The summed E-state index contributed by atoms with van der Waals surface area (Å²) in [7, 11) is 0. The van der Waals surface area contributed by atoms with Crippen molar-refractivity contribution < 1.29 is 9.84 Å². The summed E-state index contributed by atoms with van der Waals surface area (Å²) in [4.78, 5) is 0. The molecular weight excluding hydrogens is 254 g/mol. The highest BCUT2D eigenvalue weighted by atomic mass is 35.5. The number of halogens is 1. The van der Waals surface area contributed by atoms with Gasteiger partial charge in [0.15, 0.2) is 0 Å². The van der Waals surface area contributed by atoms with E-state index in [1.54, 1.807) is 17.1 Å². The van der Waals surface area contributed by atoms with Gasteiger partial charge in [0.05, 0.1) is 32.1 Å². The number of aliphatic hydroxyl groups excluding tert-OH is 1. The molecule has 0 amide bonds. The molecule has 0 saturated heterocycles. The van der Waals surface area contributed by atoms with Gasteiger partial charge in [0, 0.05) is 11.2 Å². The molecular formula is C12H14ClN3O2. The largest absolute Gasteiger partial charge is 0.389 e. The molecule has 1 aromatic heterocycles. The molecule has 1 aromatic carbocycles. The second kappa shape index (κ2) is 6.49. The fourth-order valence-electron chi connectivity index (χ4n) is 1.52. The third-order valence-electron chi connectivity index (χ3n) is 2.40. The van der Waals surface area contributed by atoms with Crippen LogP contribution in [0, 0.1) is 0 Å². The molecule has 0 radical (unpaired) electrons. The topological polar surface area (TPSA) is 60.2 Å². The van der Waals surface area contributed by atoms with Crippen molar-refractivity contribution >= 4 is 11.6 Å². The van der Waals surface area contributed by atoms with E-state index in [2.05, 4.69) is 10.3 Å². The molecule has 2 rings (SSSR count).